The average molecular weight is 185 g/mol. The molecule has 0 aromatic heterocycles. The molecule has 0 saturated heterocycles. The van der Waals surface area contributed by atoms with Crippen molar-refractivity contribution >= 4 is 22.1 Å². The van der Waals surface area contributed by atoms with Gasteiger partial charge in [0.15, 0.2) is 0 Å². The first-order valence-corrected chi connectivity index (χ1v) is 4.04. The molecule has 0 aliphatic heterocycles. The third-order valence-corrected chi connectivity index (χ3v) is 1.33. The number of aliphatic carboxylic acids is 1. The van der Waals surface area contributed by atoms with Crippen LogP contribution in [0.4, 0.5) is 0 Å². The summed E-state index contributed by atoms with van der Waals surface area (Å²) in [7, 11) is 0. The van der Waals surface area contributed by atoms with Gasteiger partial charge in [-0.15, -0.1) is 0 Å². The van der Waals surface area contributed by atoms with Crippen LogP contribution in [-0.4, -0.2) is 33.8 Å². The molecule has 0 aromatic rings. The monoisotopic (exact) mass is 185 g/mol. The van der Waals surface area contributed by atoms with Crippen LogP contribution in [0, 0.1) is 0 Å². The number of carbonyl (C=O) groups excluding carboxylic acids is 1. The number of rotatable bonds is 6. The predicted octanol–water partition coefficient (Wildman–Crippen LogP) is 1.04. The van der Waals surface area contributed by atoms with Crippen LogP contribution in [0.5, 0.6) is 0 Å². The van der Waals surface area contributed by atoms with Gasteiger partial charge in [0.05, 0.1) is 6.61 Å². The first kappa shape index (κ1) is 14.6. The Morgan fingerprint density at radius 2 is 1.85 bits per heavy atom. The summed E-state index contributed by atoms with van der Waals surface area (Å²) in [6, 6.07) is 0. The van der Waals surface area contributed by atoms with E-state index in [9.17, 15) is 9.59 Å². The molecular weight excluding hydrogens is 169 g/mol. The van der Waals surface area contributed by atoms with Crippen LogP contribution >= 0.6 is 0 Å². The third kappa shape index (κ3) is 11.1. The van der Waals surface area contributed by atoms with Crippen molar-refractivity contribution in [3.63, 3.8) is 0 Å². The average Bonchev–Trinajstić information content (AvgIpc) is 1.98. The number of carbonyl (C=O) groups is 2. The van der Waals surface area contributed by atoms with E-state index in [4.69, 9.17) is 5.11 Å². The number of unbranched alkanes of at least 4 members (excludes halogenated alkanes) is 1. The van der Waals surface area contributed by atoms with Crippen LogP contribution < -0.4 is 0 Å². The summed E-state index contributed by atoms with van der Waals surface area (Å²) in [5.74, 6) is -1.07. The first-order chi connectivity index (χ1) is 5.66. The Morgan fingerprint density at radius 1 is 1.31 bits per heavy atom. The van der Waals surface area contributed by atoms with Crippen molar-refractivity contribution in [3.05, 3.63) is 0 Å². The zero-order valence-electron chi connectivity index (χ0n) is 9.91. The van der Waals surface area contributed by atoms with Crippen LogP contribution in [0.1, 0.15) is 35.5 Å². The van der Waals surface area contributed by atoms with Gasteiger partial charge >= 0.3 is 22.1 Å². The second-order valence-electron chi connectivity index (χ2n) is 2.41. The molecule has 0 amide bonds. The molecule has 0 aliphatic rings. The van der Waals surface area contributed by atoms with Crippen molar-refractivity contribution in [2.24, 2.45) is 0 Å². The Balaban J connectivity index is -0.000000202. The van der Waals surface area contributed by atoms with Gasteiger partial charge in [-0.05, 0) is 19.8 Å². The molecule has 5 heteroatoms. The molecule has 74 valence electrons. The molecule has 13 heavy (non-hydrogen) atoms. The number of hydrogen-bond acceptors (Lipinski definition) is 3. The van der Waals surface area contributed by atoms with E-state index in [2.05, 4.69) is 4.74 Å². The van der Waals surface area contributed by atoms with E-state index in [1.807, 2.05) is 0 Å². The van der Waals surface area contributed by atoms with Gasteiger partial charge in [-0.25, -0.2) is 0 Å². The minimum atomic E-state index is -0.821. The van der Waals surface area contributed by atoms with Crippen molar-refractivity contribution in [2.75, 3.05) is 6.61 Å². The zero-order chi connectivity index (χ0) is 9.40. The molecule has 0 bridgehead atoms. The van der Waals surface area contributed by atoms with Gasteiger partial charge in [0.25, 0.3) is 0 Å². The SMILES string of the molecule is CCOC(=O)CCCCC(=O)O.[Be+2].[H-].[H-]. The van der Waals surface area contributed by atoms with Crippen molar-refractivity contribution < 1.29 is 22.3 Å². The maximum Gasteiger partial charge on any atom is 2.00 e. The summed E-state index contributed by atoms with van der Waals surface area (Å²) in [6.45, 7) is 2.13. The molecule has 0 aliphatic carbocycles. The van der Waals surface area contributed by atoms with Crippen molar-refractivity contribution in [2.45, 2.75) is 32.6 Å². The van der Waals surface area contributed by atoms with Gasteiger partial charge in [0, 0.05) is 12.8 Å². The minimum absolute atomic E-state index is 0. The van der Waals surface area contributed by atoms with E-state index in [1.165, 1.54) is 0 Å². The van der Waals surface area contributed by atoms with Gasteiger partial charge < -0.3 is 12.7 Å². The van der Waals surface area contributed by atoms with E-state index in [1.54, 1.807) is 6.92 Å². The van der Waals surface area contributed by atoms with Crippen LogP contribution in [0.15, 0.2) is 0 Å². The standard InChI is InChI=1S/C8H14O4.Be.2H/c1-2-12-8(11)6-4-3-5-7(9)10;;;/h2-6H2,1H3,(H,9,10);;;/q;+2;2*-1. The molecule has 0 heterocycles. The van der Waals surface area contributed by atoms with E-state index in [-0.39, 0.29) is 25.4 Å². The maximum atomic E-state index is 10.7. The van der Waals surface area contributed by atoms with Crippen LogP contribution in [0.2, 0.25) is 0 Å². The van der Waals surface area contributed by atoms with Crippen molar-refractivity contribution in [1.82, 2.24) is 0 Å². The van der Waals surface area contributed by atoms with Gasteiger partial charge in [-0.2, -0.15) is 0 Å². The summed E-state index contributed by atoms with van der Waals surface area (Å²) in [4.78, 5) is 20.8. The van der Waals surface area contributed by atoms with Gasteiger partial charge in [-0.1, -0.05) is 0 Å². The molecule has 0 radical (unpaired) electrons. The summed E-state index contributed by atoms with van der Waals surface area (Å²) in [5.41, 5.74) is 0. The molecule has 1 N–H and O–H groups in total. The number of carboxylic acids is 1. The summed E-state index contributed by atoms with van der Waals surface area (Å²) in [6.07, 6.45) is 1.57. The second-order valence-corrected chi connectivity index (χ2v) is 2.41. The van der Waals surface area contributed by atoms with E-state index >= 15 is 0 Å². The summed E-state index contributed by atoms with van der Waals surface area (Å²) >= 11 is 0. The first-order valence-electron chi connectivity index (χ1n) is 4.04. The smallest absolute Gasteiger partial charge is 1.00 e. The second kappa shape index (κ2) is 9.20. The summed E-state index contributed by atoms with van der Waals surface area (Å²) in [5, 5.41) is 8.27. The maximum absolute atomic E-state index is 10.7. The fraction of sp³-hybridized carbons (Fsp3) is 0.750. The van der Waals surface area contributed by atoms with Crippen molar-refractivity contribution in [1.29, 1.82) is 0 Å². The Labute approximate surface area is 84.5 Å². The van der Waals surface area contributed by atoms with Gasteiger partial charge in [0.2, 0.25) is 0 Å². The Morgan fingerprint density at radius 3 is 2.31 bits per heavy atom. The fourth-order valence-corrected chi connectivity index (χ4v) is 0.779. The van der Waals surface area contributed by atoms with Crippen LogP contribution in [-0.2, 0) is 14.3 Å². The molecule has 0 atom stereocenters. The Hall–Kier alpha value is -0.891. The predicted molar refractivity (Wildman–Crippen MR) is 50.7 cm³/mol. The summed E-state index contributed by atoms with van der Waals surface area (Å²) < 4.78 is 4.66. The number of ether oxygens (including phenoxy) is 1. The number of esters is 1. The Bertz CT molecular complexity index is 167. The van der Waals surface area contributed by atoms with Gasteiger partial charge in [-0.3, -0.25) is 9.59 Å². The fourth-order valence-electron chi connectivity index (χ4n) is 0.779. The zero-order valence-corrected chi connectivity index (χ0v) is 7.91. The van der Waals surface area contributed by atoms with E-state index < -0.39 is 5.97 Å². The normalized spacial score (nSPS) is 8.69. The molecule has 0 rings (SSSR count). The van der Waals surface area contributed by atoms with Gasteiger partial charge in [0.1, 0.15) is 0 Å². The molecule has 0 saturated carbocycles. The van der Waals surface area contributed by atoms with Crippen molar-refractivity contribution in [3.8, 4) is 0 Å². The molecule has 0 fully saturated rings. The van der Waals surface area contributed by atoms with E-state index in [0.29, 0.717) is 25.9 Å². The largest absolute Gasteiger partial charge is 2.00 e. The molecule has 4 nitrogen and oxygen atoms in total. The molecule has 0 unspecified atom stereocenters. The number of hydrogen-bond donors (Lipinski definition) is 1. The number of carboxylic acid groups (broad SMARTS) is 1. The Kier molecular flexibility index (Phi) is 10.3. The third-order valence-electron chi connectivity index (χ3n) is 1.33. The molecule has 0 aromatic carbocycles. The van der Waals surface area contributed by atoms with E-state index in [0.717, 1.165) is 0 Å². The van der Waals surface area contributed by atoms with Crippen LogP contribution in [0.25, 0.3) is 0 Å². The molecular formula is C8H16BeO4. The minimum Gasteiger partial charge on any atom is -1.00 e. The van der Waals surface area contributed by atoms with Crippen LogP contribution in [0.3, 0.4) is 0 Å². The quantitative estimate of drug-likeness (QED) is 0.381. The topological polar surface area (TPSA) is 63.6 Å². The molecule has 0 spiro atoms.